The first-order valence-electron chi connectivity index (χ1n) is 9.10. The summed E-state index contributed by atoms with van der Waals surface area (Å²) in [5.41, 5.74) is 6.15. The second-order valence-corrected chi connectivity index (χ2v) is 6.71. The van der Waals surface area contributed by atoms with Crippen LogP contribution in [0.3, 0.4) is 0 Å². The van der Waals surface area contributed by atoms with Gasteiger partial charge in [-0.1, -0.05) is 12.2 Å². The second-order valence-electron chi connectivity index (χ2n) is 6.71. The fourth-order valence-electron chi connectivity index (χ4n) is 3.28. The Morgan fingerprint density at radius 3 is 2.59 bits per heavy atom. The van der Waals surface area contributed by atoms with Gasteiger partial charge in [-0.05, 0) is 50.0 Å². The van der Waals surface area contributed by atoms with Gasteiger partial charge in [0, 0.05) is 23.9 Å². The third-order valence-corrected chi connectivity index (χ3v) is 4.92. The molecule has 7 heteroatoms. The predicted octanol–water partition coefficient (Wildman–Crippen LogP) is 3.83. The van der Waals surface area contributed by atoms with Crippen molar-refractivity contribution in [2.75, 3.05) is 25.7 Å². The lowest BCUT2D eigenvalue weighted by Gasteiger charge is -2.17. The van der Waals surface area contributed by atoms with Crippen molar-refractivity contribution >= 4 is 23.2 Å². The highest BCUT2D eigenvalue weighted by molar-refractivity contribution is 5.99. The van der Waals surface area contributed by atoms with E-state index in [2.05, 4.69) is 5.48 Å². The summed E-state index contributed by atoms with van der Waals surface area (Å²) < 4.78 is 7.26. The lowest BCUT2D eigenvalue weighted by atomic mass is 10.1. The number of benzene rings is 1. The number of ether oxygens (including phenoxy) is 1. The van der Waals surface area contributed by atoms with Gasteiger partial charge >= 0.3 is 6.09 Å². The molecule has 0 atom stereocenters. The molecule has 1 aliphatic heterocycles. The van der Waals surface area contributed by atoms with Crippen LogP contribution in [-0.4, -0.2) is 46.9 Å². The van der Waals surface area contributed by atoms with Crippen molar-refractivity contribution in [2.45, 2.75) is 33.1 Å². The van der Waals surface area contributed by atoms with E-state index in [0.717, 1.165) is 37.1 Å². The summed E-state index contributed by atoms with van der Waals surface area (Å²) in [6, 6.07) is 3.76. The second kappa shape index (κ2) is 8.26. The Balaban J connectivity index is 1.99. The molecule has 7 nitrogen and oxygen atoms in total. The highest BCUT2D eigenvalue weighted by Crippen LogP contribution is 2.30. The van der Waals surface area contributed by atoms with Crippen molar-refractivity contribution in [3.63, 3.8) is 0 Å². The summed E-state index contributed by atoms with van der Waals surface area (Å²) in [6.45, 7) is 5.40. The molecule has 3 rings (SSSR count). The Hall–Kier alpha value is -2.80. The Bertz CT molecular complexity index is 821. The van der Waals surface area contributed by atoms with Crippen molar-refractivity contribution in [3.05, 3.63) is 47.2 Å². The van der Waals surface area contributed by atoms with Gasteiger partial charge in [0.15, 0.2) is 0 Å². The summed E-state index contributed by atoms with van der Waals surface area (Å²) in [5.74, 6) is 0.443. The minimum Gasteiger partial charge on any atom is -0.403 e. The SMILES string of the molecule is CO/[N+](=C1/CC=CC=C1OC(=O)N1CCCC1)c1cc(C)c(C)cc1NO. The molecule has 0 aromatic heterocycles. The fraction of sp³-hybridized carbons (Fsp3) is 0.400. The number of carbonyl (C=O) groups is 1. The van der Waals surface area contributed by atoms with Crippen molar-refractivity contribution in [1.29, 1.82) is 0 Å². The highest BCUT2D eigenvalue weighted by Gasteiger charge is 2.31. The van der Waals surface area contributed by atoms with Crippen molar-refractivity contribution in [2.24, 2.45) is 0 Å². The monoisotopic (exact) mass is 372 g/mol. The number of nitrogens with zero attached hydrogens (tertiary/aromatic N) is 2. The van der Waals surface area contributed by atoms with E-state index in [9.17, 15) is 10.0 Å². The zero-order chi connectivity index (χ0) is 19.4. The van der Waals surface area contributed by atoms with Gasteiger partial charge in [-0.2, -0.15) is 0 Å². The molecule has 0 spiro atoms. The maximum absolute atomic E-state index is 12.4. The minimum atomic E-state index is -0.344. The summed E-state index contributed by atoms with van der Waals surface area (Å²) in [5, 5.41) is 9.57. The Kier molecular flexibility index (Phi) is 5.81. The average molecular weight is 372 g/mol. The van der Waals surface area contributed by atoms with E-state index >= 15 is 0 Å². The van der Waals surface area contributed by atoms with Crippen molar-refractivity contribution < 1.29 is 24.3 Å². The summed E-state index contributed by atoms with van der Waals surface area (Å²) in [6.07, 6.45) is 7.77. The molecule has 2 N–H and O–H groups in total. The minimum absolute atomic E-state index is 0.344. The topological polar surface area (TPSA) is 74.0 Å². The zero-order valence-corrected chi connectivity index (χ0v) is 16.0. The number of anilines is 1. The maximum Gasteiger partial charge on any atom is 0.415 e. The van der Waals surface area contributed by atoms with Gasteiger partial charge in [0.1, 0.15) is 12.8 Å². The molecule has 0 saturated carbocycles. The molecule has 1 heterocycles. The zero-order valence-electron chi connectivity index (χ0n) is 16.0. The number of carbonyl (C=O) groups excluding carboxylic acids is 1. The molecule has 27 heavy (non-hydrogen) atoms. The molecular weight excluding hydrogens is 346 g/mol. The van der Waals surface area contributed by atoms with Crippen LogP contribution in [0.1, 0.15) is 30.4 Å². The lowest BCUT2D eigenvalue weighted by Crippen LogP contribution is -2.31. The third-order valence-electron chi connectivity index (χ3n) is 4.92. The van der Waals surface area contributed by atoms with Crippen LogP contribution in [0, 0.1) is 13.8 Å². The van der Waals surface area contributed by atoms with E-state index in [1.807, 2.05) is 38.1 Å². The highest BCUT2D eigenvalue weighted by atomic mass is 16.7. The first kappa shape index (κ1) is 19.0. The van der Waals surface area contributed by atoms with Gasteiger partial charge < -0.3 is 9.64 Å². The number of hydrogen-bond donors (Lipinski definition) is 2. The predicted molar refractivity (Wildman–Crippen MR) is 102 cm³/mol. The molecule has 0 radical (unpaired) electrons. The number of likely N-dealkylation sites (tertiary alicyclic amines) is 1. The molecule has 1 aliphatic carbocycles. The van der Waals surface area contributed by atoms with Gasteiger partial charge in [-0.25, -0.2) is 4.79 Å². The Labute approximate surface area is 159 Å². The van der Waals surface area contributed by atoms with Crippen molar-refractivity contribution in [1.82, 2.24) is 4.90 Å². The van der Waals surface area contributed by atoms with Crippen LogP contribution in [0.15, 0.2) is 36.1 Å². The largest absolute Gasteiger partial charge is 0.415 e. The normalized spacial score (nSPS) is 18.2. The van der Waals surface area contributed by atoms with Crippen LogP contribution >= 0.6 is 0 Å². The molecule has 2 aliphatic rings. The molecule has 1 aromatic carbocycles. The van der Waals surface area contributed by atoms with E-state index in [1.54, 1.807) is 22.8 Å². The van der Waals surface area contributed by atoms with Crippen LogP contribution in [0.25, 0.3) is 0 Å². The summed E-state index contributed by atoms with van der Waals surface area (Å²) in [7, 11) is 1.54. The number of amides is 1. The maximum atomic E-state index is 12.4. The van der Waals surface area contributed by atoms with E-state index in [1.165, 1.54) is 0 Å². The number of nitrogens with one attached hydrogen (secondary N) is 1. The van der Waals surface area contributed by atoms with Gasteiger partial charge in [-0.3, -0.25) is 15.5 Å². The first-order valence-corrected chi connectivity index (χ1v) is 9.10. The van der Waals surface area contributed by atoms with Gasteiger partial charge in [-0.15, -0.1) is 0 Å². The quantitative estimate of drug-likeness (QED) is 0.621. The summed E-state index contributed by atoms with van der Waals surface area (Å²) >= 11 is 0. The number of rotatable bonds is 4. The molecule has 0 bridgehead atoms. The van der Waals surface area contributed by atoms with Gasteiger partial charge in [0.25, 0.3) is 11.4 Å². The van der Waals surface area contributed by atoms with Gasteiger partial charge in [0.2, 0.25) is 5.76 Å². The van der Waals surface area contributed by atoms with E-state index < -0.39 is 0 Å². The molecule has 0 unspecified atom stereocenters. The van der Waals surface area contributed by atoms with Crippen LogP contribution < -0.4 is 5.48 Å². The molecular formula is C20H26N3O4+. The van der Waals surface area contributed by atoms with Crippen LogP contribution in [0.4, 0.5) is 16.2 Å². The number of allylic oxidation sites excluding steroid dienone is 4. The standard InChI is InChI=1S/C20H26N3O4/c1-14-12-16(21-25)18(13-15(14)2)23(26-3)17-8-4-5-9-19(17)27-20(24)22-10-6-7-11-22/h4-5,9,12-13,21,25H,6-8,10-11H2,1-3H3/q+1/b23-17-. The van der Waals surface area contributed by atoms with Crippen molar-refractivity contribution in [3.8, 4) is 0 Å². The first-order chi connectivity index (χ1) is 13.0. The third kappa shape index (κ3) is 3.98. The molecule has 144 valence electrons. The molecule has 1 fully saturated rings. The van der Waals surface area contributed by atoms with E-state index in [0.29, 0.717) is 29.3 Å². The number of hydrogen-bond acceptors (Lipinski definition) is 5. The molecule has 1 amide bonds. The van der Waals surface area contributed by atoms with E-state index in [4.69, 9.17) is 9.57 Å². The molecule has 1 saturated heterocycles. The average Bonchev–Trinajstić information content (AvgIpc) is 3.21. The smallest absolute Gasteiger partial charge is 0.403 e. The van der Waals surface area contributed by atoms with Crippen LogP contribution in [0.2, 0.25) is 0 Å². The van der Waals surface area contributed by atoms with Crippen LogP contribution in [-0.2, 0) is 9.57 Å². The number of aryl methyl sites for hydroxylation is 2. The summed E-state index contributed by atoms with van der Waals surface area (Å²) in [4.78, 5) is 19.8. The van der Waals surface area contributed by atoms with Crippen LogP contribution in [0.5, 0.6) is 0 Å². The van der Waals surface area contributed by atoms with Gasteiger partial charge in [0.05, 0.1) is 6.42 Å². The fourth-order valence-corrected chi connectivity index (χ4v) is 3.28. The van der Waals surface area contributed by atoms with E-state index in [-0.39, 0.29) is 6.09 Å². The Morgan fingerprint density at radius 2 is 1.93 bits per heavy atom. The molecule has 1 aromatic rings. The lowest BCUT2D eigenvalue weighted by molar-refractivity contribution is -0.720. The Morgan fingerprint density at radius 1 is 1.22 bits per heavy atom.